The van der Waals surface area contributed by atoms with Crippen LogP contribution in [0, 0.1) is 11.7 Å². The van der Waals surface area contributed by atoms with Crippen molar-refractivity contribution in [1.82, 2.24) is 9.47 Å². The third-order valence-electron chi connectivity index (χ3n) is 6.55. The standard InChI is InChI=1S/C27H28FN3O/c1-2-31-25-8-4-3-7-23(25)24-16-22(13-14-26(24)31)29-27(32)20-6-5-15-30(18-20)17-19-9-11-21(28)12-10-19/h3-4,7-14,16,20H,2,5-6,15,17-18H2,1H3,(H,29,32)/t20-/m1/s1. The van der Waals surface area contributed by atoms with E-state index >= 15 is 0 Å². The van der Waals surface area contributed by atoms with Crippen molar-refractivity contribution < 1.29 is 9.18 Å². The molecule has 0 saturated carbocycles. The molecule has 1 fully saturated rings. The van der Waals surface area contributed by atoms with Crippen LogP contribution < -0.4 is 5.32 Å². The van der Waals surface area contributed by atoms with Gasteiger partial charge in [0.1, 0.15) is 5.82 Å². The van der Waals surface area contributed by atoms with Gasteiger partial charge in [-0.15, -0.1) is 0 Å². The maximum Gasteiger partial charge on any atom is 0.228 e. The highest BCUT2D eigenvalue weighted by molar-refractivity contribution is 6.09. The lowest BCUT2D eigenvalue weighted by Gasteiger charge is -2.32. The first-order chi connectivity index (χ1) is 15.6. The lowest BCUT2D eigenvalue weighted by molar-refractivity contribution is -0.121. The van der Waals surface area contributed by atoms with Crippen LogP contribution in [0.5, 0.6) is 0 Å². The largest absolute Gasteiger partial charge is 0.341 e. The van der Waals surface area contributed by atoms with E-state index in [0.717, 1.165) is 50.3 Å². The Morgan fingerprint density at radius 2 is 1.81 bits per heavy atom. The van der Waals surface area contributed by atoms with Gasteiger partial charge in [0, 0.05) is 47.1 Å². The number of hydrogen-bond acceptors (Lipinski definition) is 2. The highest BCUT2D eigenvalue weighted by Gasteiger charge is 2.26. The smallest absolute Gasteiger partial charge is 0.228 e. The predicted octanol–water partition coefficient (Wildman–Crippen LogP) is 5.80. The Bertz CT molecular complexity index is 1260. The molecule has 0 aliphatic carbocycles. The van der Waals surface area contributed by atoms with Crippen molar-refractivity contribution in [2.24, 2.45) is 5.92 Å². The maximum atomic E-state index is 13.2. The molecule has 1 aliphatic heterocycles. The van der Waals surface area contributed by atoms with Crippen molar-refractivity contribution in [1.29, 1.82) is 0 Å². The first-order valence-corrected chi connectivity index (χ1v) is 11.4. The van der Waals surface area contributed by atoms with E-state index in [9.17, 15) is 9.18 Å². The minimum absolute atomic E-state index is 0.0446. The summed E-state index contributed by atoms with van der Waals surface area (Å²) in [5.74, 6) is -0.187. The molecule has 5 rings (SSSR count). The number of nitrogens with zero attached hydrogens (tertiary/aromatic N) is 2. The summed E-state index contributed by atoms with van der Waals surface area (Å²) in [7, 11) is 0. The quantitative estimate of drug-likeness (QED) is 0.435. The first kappa shape index (κ1) is 20.7. The summed E-state index contributed by atoms with van der Waals surface area (Å²) in [4.78, 5) is 15.4. The number of carbonyl (C=O) groups is 1. The molecule has 4 aromatic rings. The average Bonchev–Trinajstić information content (AvgIpc) is 3.14. The van der Waals surface area contributed by atoms with Crippen LogP contribution in [-0.4, -0.2) is 28.5 Å². The first-order valence-electron chi connectivity index (χ1n) is 11.4. The second-order valence-corrected chi connectivity index (χ2v) is 8.68. The monoisotopic (exact) mass is 429 g/mol. The van der Waals surface area contributed by atoms with Crippen LogP contribution in [0.4, 0.5) is 10.1 Å². The molecule has 164 valence electrons. The molecule has 1 aliphatic rings. The van der Waals surface area contributed by atoms with E-state index < -0.39 is 0 Å². The van der Waals surface area contributed by atoms with Crippen LogP contribution in [0.1, 0.15) is 25.3 Å². The molecule has 0 spiro atoms. The Balaban J connectivity index is 1.32. The third-order valence-corrected chi connectivity index (χ3v) is 6.55. The van der Waals surface area contributed by atoms with Crippen LogP contribution >= 0.6 is 0 Å². The number of piperidine rings is 1. The van der Waals surface area contributed by atoms with Gasteiger partial charge in [-0.2, -0.15) is 0 Å². The van der Waals surface area contributed by atoms with Gasteiger partial charge < -0.3 is 9.88 Å². The summed E-state index contributed by atoms with van der Waals surface area (Å²) in [6, 6.07) is 21.3. The van der Waals surface area contributed by atoms with Crippen LogP contribution in [0.3, 0.4) is 0 Å². The fourth-order valence-corrected chi connectivity index (χ4v) is 4.98. The second kappa shape index (κ2) is 8.75. The van der Waals surface area contributed by atoms with Gasteiger partial charge in [-0.25, -0.2) is 4.39 Å². The molecular weight excluding hydrogens is 401 g/mol. The molecule has 0 radical (unpaired) electrons. The molecule has 1 saturated heterocycles. The van der Waals surface area contributed by atoms with Gasteiger partial charge in [0.15, 0.2) is 0 Å². The highest BCUT2D eigenvalue weighted by Crippen LogP contribution is 2.31. The molecule has 3 aromatic carbocycles. The predicted molar refractivity (Wildman–Crippen MR) is 128 cm³/mol. The van der Waals surface area contributed by atoms with Crippen LogP contribution in [0.15, 0.2) is 66.7 Å². The fourth-order valence-electron chi connectivity index (χ4n) is 4.98. The molecule has 0 unspecified atom stereocenters. The number of nitrogens with one attached hydrogen (secondary N) is 1. The normalized spacial score (nSPS) is 17.1. The van der Waals surface area contributed by atoms with Crippen molar-refractivity contribution in [3.8, 4) is 0 Å². The molecule has 1 amide bonds. The number of carbonyl (C=O) groups excluding carboxylic acids is 1. The second-order valence-electron chi connectivity index (χ2n) is 8.68. The highest BCUT2D eigenvalue weighted by atomic mass is 19.1. The SMILES string of the molecule is CCn1c2ccccc2c2cc(NC(=O)[C@@H]3CCCN(Cc4ccc(F)cc4)C3)ccc21. The van der Waals surface area contributed by atoms with E-state index in [4.69, 9.17) is 0 Å². The number of likely N-dealkylation sites (tertiary alicyclic amines) is 1. The molecule has 5 heteroatoms. The number of halogens is 1. The molecule has 1 aromatic heterocycles. The lowest BCUT2D eigenvalue weighted by atomic mass is 9.96. The number of hydrogen-bond donors (Lipinski definition) is 1. The van der Waals surface area contributed by atoms with E-state index in [1.54, 1.807) is 0 Å². The van der Waals surface area contributed by atoms with E-state index in [0.29, 0.717) is 0 Å². The Hall–Kier alpha value is -3.18. The molecule has 2 heterocycles. The minimum atomic E-state index is -0.219. The maximum absolute atomic E-state index is 13.2. The topological polar surface area (TPSA) is 37.3 Å². The van der Waals surface area contributed by atoms with Crippen LogP contribution in [0.25, 0.3) is 21.8 Å². The summed E-state index contributed by atoms with van der Waals surface area (Å²) in [5, 5.41) is 5.54. The van der Waals surface area contributed by atoms with Crippen molar-refractivity contribution in [3.63, 3.8) is 0 Å². The van der Waals surface area contributed by atoms with Gasteiger partial charge in [0.25, 0.3) is 0 Å². The van der Waals surface area contributed by atoms with Gasteiger partial charge >= 0.3 is 0 Å². The minimum Gasteiger partial charge on any atom is -0.341 e. The third kappa shape index (κ3) is 4.00. The van der Waals surface area contributed by atoms with Gasteiger partial charge in [-0.3, -0.25) is 9.69 Å². The van der Waals surface area contributed by atoms with Crippen LogP contribution in [0.2, 0.25) is 0 Å². The Kier molecular flexibility index (Phi) is 5.66. The average molecular weight is 430 g/mol. The summed E-state index contributed by atoms with van der Waals surface area (Å²) >= 11 is 0. The zero-order valence-corrected chi connectivity index (χ0v) is 18.4. The molecular formula is C27H28FN3O. The summed E-state index contributed by atoms with van der Waals surface area (Å²) in [6.07, 6.45) is 1.88. The van der Waals surface area contributed by atoms with Crippen molar-refractivity contribution >= 4 is 33.4 Å². The number of para-hydroxylation sites is 1. The fraction of sp³-hybridized carbons (Fsp3) is 0.296. The lowest BCUT2D eigenvalue weighted by Crippen LogP contribution is -2.40. The molecule has 4 nitrogen and oxygen atoms in total. The van der Waals surface area contributed by atoms with Crippen LogP contribution in [-0.2, 0) is 17.9 Å². The molecule has 32 heavy (non-hydrogen) atoms. The molecule has 1 N–H and O–H groups in total. The van der Waals surface area contributed by atoms with E-state index in [1.807, 2.05) is 18.2 Å². The van der Waals surface area contributed by atoms with E-state index in [2.05, 4.69) is 58.1 Å². The number of aromatic nitrogens is 1. The summed E-state index contributed by atoms with van der Waals surface area (Å²) in [5.41, 5.74) is 4.33. The van der Waals surface area contributed by atoms with Crippen molar-refractivity contribution in [3.05, 3.63) is 78.1 Å². The number of rotatable bonds is 5. The van der Waals surface area contributed by atoms with Crippen molar-refractivity contribution in [2.45, 2.75) is 32.9 Å². The summed E-state index contributed by atoms with van der Waals surface area (Å²) < 4.78 is 15.5. The number of anilines is 1. The Labute approximate surface area is 187 Å². The van der Waals surface area contributed by atoms with Gasteiger partial charge in [0.2, 0.25) is 5.91 Å². The number of amides is 1. The van der Waals surface area contributed by atoms with Gasteiger partial charge in [-0.1, -0.05) is 30.3 Å². The summed E-state index contributed by atoms with van der Waals surface area (Å²) in [6.45, 7) is 5.49. The zero-order chi connectivity index (χ0) is 22.1. The van der Waals surface area contributed by atoms with Crippen molar-refractivity contribution in [2.75, 3.05) is 18.4 Å². The number of aryl methyl sites for hydroxylation is 1. The van der Waals surface area contributed by atoms with E-state index in [-0.39, 0.29) is 17.6 Å². The Morgan fingerprint density at radius 1 is 1.03 bits per heavy atom. The number of benzene rings is 3. The number of fused-ring (bicyclic) bond motifs is 3. The Morgan fingerprint density at radius 3 is 2.62 bits per heavy atom. The molecule has 0 bridgehead atoms. The van der Waals surface area contributed by atoms with Gasteiger partial charge in [0.05, 0.1) is 5.92 Å². The van der Waals surface area contributed by atoms with Gasteiger partial charge in [-0.05, 0) is 68.3 Å². The zero-order valence-electron chi connectivity index (χ0n) is 18.4. The van der Waals surface area contributed by atoms with E-state index in [1.165, 1.54) is 33.9 Å². The molecule has 1 atom stereocenters.